The number of carbonyl (C=O) groups excluding carboxylic acids is 1. The molecule has 0 saturated carbocycles. The fourth-order valence-electron chi connectivity index (χ4n) is 2.69. The molecule has 1 aromatic heterocycles. The van der Waals surface area contributed by atoms with Gasteiger partial charge in [0.1, 0.15) is 0 Å². The summed E-state index contributed by atoms with van der Waals surface area (Å²) in [6, 6.07) is 13.0. The van der Waals surface area contributed by atoms with Gasteiger partial charge in [0.2, 0.25) is 0 Å². The van der Waals surface area contributed by atoms with Crippen LogP contribution in [0.5, 0.6) is 11.5 Å². The molecule has 6 nitrogen and oxygen atoms in total. The Bertz CT molecular complexity index is 874. The Kier molecular flexibility index (Phi) is 5.22. The molecular formula is C20H21N3O3. The summed E-state index contributed by atoms with van der Waals surface area (Å²) < 4.78 is 12.4. The predicted molar refractivity (Wildman–Crippen MR) is 99.0 cm³/mol. The molecule has 1 heterocycles. The SMILES string of the molecule is COc1ccc(C(=O)NC(C)c2ccc(-n3ccnc3)cc2)cc1OC. The molecule has 0 radical (unpaired) electrons. The Morgan fingerprint density at radius 2 is 1.81 bits per heavy atom. The van der Waals surface area contributed by atoms with Gasteiger partial charge in [-0.1, -0.05) is 12.1 Å². The molecule has 0 aliphatic heterocycles. The number of hydrogen-bond acceptors (Lipinski definition) is 4. The van der Waals surface area contributed by atoms with Crippen LogP contribution >= 0.6 is 0 Å². The number of nitrogens with one attached hydrogen (secondary N) is 1. The van der Waals surface area contributed by atoms with E-state index in [2.05, 4.69) is 10.3 Å². The maximum absolute atomic E-state index is 12.5. The number of carbonyl (C=O) groups is 1. The lowest BCUT2D eigenvalue weighted by Gasteiger charge is -2.16. The fraction of sp³-hybridized carbons (Fsp3) is 0.200. The molecule has 2 aromatic carbocycles. The van der Waals surface area contributed by atoms with Gasteiger partial charge in [0.05, 0.1) is 26.6 Å². The van der Waals surface area contributed by atoms with Crippen molar-refractivity contribution in [3.05, 3.63) is 72.3 Å². The van der Waals surface area contributed by atoms with Crippen molar-refractivity contribution in [2.24, 2.45) is 0 Å². The number of imidazole rings is 1. The highest BCUT2D eigenvalue weighted by Crippen LogP contribution is 2.27. The van der Waals surface area contributed by atoms with E-state index in [1.165, 1.54) is 0 Å². The van der Waals surface area contributed by atoms with Crippen molar-refractivity contribution < 1.29 is 14.3 Å². The van der Waals surface area contributed by atoms with E-state index in [4.69, 9.17) is 9.47 Å². The lowest BCUT2D eigenvalue weighted by atomic mass is 10.1. The van der Waals surface area contributed by atoms with Crippen molar-refractivity contribution in [3.63, 3.8) is 0 Å². The van der Waals surface area contributed by atoms with Gasteiger partial charge in [-0.15, -0.1) is 0 Å². The van der Waals surface area contributed by atoms with Crippen molar-refractivity contribution in [3.8, 4) is 17.2 Å². The molecule has 1 atom stereocenters. The van der Waals surface area contributed by atoms with Gasteiger partial charge in [-0.2, -0.15) is 0 Å². The van der Waals surface area contributed by atoms with E-state index in [9.17, 15) is 4.79 Å². The monoisotopic (exact) mass is 351 g/mol. The van der Waals surface area contributed by atoms with Crippen LogP contribution in [0.4, 0.5) is 0 Å². The molecule has 0 fully saturated rings. The summed E-state index contributed by atoms with van der Waals surface area (Å²) in [7, 11) is 3.11. The second-order valence-corrected chi connectivity index (χ2v) is 5.83. The third kappa shape index (κ3) is 3.69. The molecule has 0 aliphatic carbocycles. The van der Waals surface area contributed by atoms with E-state index in [1.807, 2.05) is 42.0 Å². The molecule has 1 amide bonds. The lowest BCUT2D eigenvalue weighted by Crippen LogP contribution is -2.26. The number of nitrogens with zero attached hydrogens (tertiary/aromatic N) is 2. The number of hydrogen-bond donors (Lipinski definition) is 1. The van der Waals surface area contributed by atoms with E-state index in [0.717, 1.165) is 11.3 Å². The molecule has 0 aliphatic rings. The number of aromatic nitrogens is 2. The average Bonchev–Trinajstić information content (AvgIpc) is 3.22. The van der Waals surface area contributed by atoms with Gasteiger partial charge < -0.3 is 19.4 Å². The summed E-state index contributed by atoms with van der Waals surface area (Å²) in [5, 5.41) is 3.00. The number of ether oxygens (including phenoxy) is 2. The Labute approximate surface area is 152 Å². The van der Waals surface area contributed by atoms with Gasteiger partial charge in [0, 0.05) is 23.6 Å². The predicted octanol–water partition coefficient (Wildman–Crippen LogP) is 3.38. The molecule has 0 spiro atoms. The normalized spacial score (nSPS) is 11.7. The number of rotatable bonds is 6. The van der Waals surface area contributed by atoms with Crippen LogP contribution in [0.1, 0.15) is 28.9 Å². The first-order chi connectivity index (χ1) is 12.6. The van der Waals surface area contributed by atoms with Gasteiger partial charge in [0.15, 0.2) is 11.5 Å². The van der Waals surface area contributed by atoms with E-state index in [1.54, 1.807) is 44.9 Å². The van der Waals surface area contributed by atoms with Gasteiger partial charge in [0.25, 0.3) is 5.91 Å². The van der Waals surface area contributed by atoms with E-state index >= 15 is 0 Å². The fourth-order valence-corrected chi connectivity index (χ4v) is 2.69. The maximum atomic E-state index is 12.5. The van der Waals surface area contributed by atoms with Crippen molar-refractivity contribution in [2.45, 2.75) is 13.0 Å². The topological polar surface area (TPSA) is 65.4 Å². The average molecular weight is 351 g/mol. The second kappa shape index (κ2) is 7.74. The van der Waals surface area contributed by atoms with Crippen molar-refractivity contribution >= 4 is 5.91 Å². The molecule has 3 aromatic rings. The molecule has 0 bridgehead atoms. The van der Waals surface area contributed by atoms with Crippen LogP contribution in [-0.4, -0.2) is 29.7 Å². The quantitative estimate of drug-likeness (QED) is 0.739. The first-order valence-corrected chi connectivity index (χ1v) is 8.23. The number of methoxy groups -OCH3 is 2. The zero-order valence-electron chi connectivity index (χ0n) is 15.0. The van der Waals surface area contributed by atoms with Crippen LogP contribution < -0.4 is 14.8 Å². The molecule has 6 heteroatoms. The summed E-state index contributed by atoms with van der Waals surface area (Å²) in [6.07, 6.45) is 5.37. The van der Waals surface area contributed by atoms with Crippen molar-refractivity contribution in [1.29, 1.82) is 0 Å². The van der Waals surface area contributed by atoms with Gasteiger partial charge >= 0.3 is 0 Å². The van der Waals surface area contributed by atoms with Crippen LogP contribution in [0.2, 0.25) is 0 Å². The third-order valence-electron chi connectivity index (χ3n) is 4.19. The highest BCUT2D eigenvalue weighted by Gasteiger charge is 2.14. The van der Waals surface area contributed by atoms with E-state index in [-0.39, 0.29) is 11.9 Å². The first kappa shape index (κ1) is 17.5. The molecule has 1 N–H and O–H groups in total. The summed E-state index contributed by atoms with van der Waals surface area (Å²) in [4.78, 5) is 16.6. The van der Waals surface area contributed by atoms with E-state index < -0.39 is 0 Å². The number of amides is 1. The molecule has 1 unspecified atom stereocenters. The third-order valence-corrected chi connectivity index (χ3v) is 4.19. The van der Waals surface area contributed by atoms with Gasteiger partial charge in [-0.05, 0) is 42.8 Å². The Morgan fingerprint density at radius 1 is 1.08 bits per heavy atom. The van der Waals surface area contributed by atoms with Crippen LogP contribution in [0.3, 0.4) is 0 Å². The minimum atomic E-state index is -0.169. The molecule has 0 saturated heterocycles. The molecule has 3 rings (SSSR count). The summed E-state index contributed by atoms with van der Waals surface area (Å²) in [6.45, 7) is 1.95. The van der Waals surface area contributed by atoms with Crippen LogP contribution in [-0.2, 0) is 0 Å². The Morgan fingerprint density at radius 3 is 2.42 bits per heavy atom. The summed E-state index contributed by atoms with van der Waals surface area (Å²) >= 11 is 0. The highest BCUT2D eigenvalue weighted by molar-refractivity contribution is 5.95. The summed E-state index contributed by atoms with van der Waals surface area (Å²) in [5.41, 5.74) is 2.55. The van der Waals surface area contributed by atoms with Crippen molar-refractivity contribution in [2.75, 3.05) is 14.2 Å². The standard InChI is InChI=1S/C20H21N3O3/c1-14(15-4-7-17(8-5-15)23-11-10-21-13-23)22-20(24)16-6-9-18(25-2)19(12-16)26-3/h4-14H,1-3H3,(H,22,24). The smallest absolute Gasteiger partial charge is 0.251 e. The summed E-state index contributed by atoms with van der Waals surface area (Å²) in [5.74, 6) is 0.946. The molecular weight excluding hydrogens is 330 g/mol. The van der Waals surface area contributed by atoms with Crippen LogP contribution in [0.15, 0.2) is 61.2 Å². The largest absolute Gasteiger partial charge is 0.493 e. The Balaban J connectivity index is 1.71. The zero-order valence-corrected chi connectivity index (χ0v) is 15.0. The van der Waals surface area contributed by atoms with Crippen LogP contribution in [0.25, 0.3) is 5.69 Å². The first-order valence-electron chi connectivity index (χ1n) is 8.23. The maximum Gasteiger partial charge on any atom is 0.251 e. The molecule has 26 heavy (non-hydrogen) atoms. The lowest BCUT2D eigenvalue weighted by molar-refractivity contribution is 0.0939. The van der Waals surface area contributed by atoms with Crippen LogP contribution in [0, 0.1) is 0 Å². The zero-order chi connectivity index (χ0) is 18.5. The molecule has 134 valence electrons. The van der Waals surface area contributed by atoms with E-state index in [0.29, 0.717) is 17.1 Å². The second-order valence-electron chi connectivity index (χ2n) is 5.83. The highest BCUT2D eigenvalue weighted by atomic mass is 16.5. The van der Waals surface area contributed by atoms with Gasteiger partial charge in [-0.25, -0.2) is 4.98 Å². The van der Waals surface area contributed by atoms with Crippen molar-refractivity contribution in [1.82, 2.24) is 14.9 Å². The number of benzene rings is 2. The Hall–Kier alpha value is -3.28. The van der Waals surface area contributed by atoms with Gasteiger partial charge in [-0.3, -0.25) is 4.79 Å². The minimum Gasteiger partial charge on any atom is -0.493 e. The minimum absolute atomic E-state index is 0.132.